The largest absolute Gasteiger partial charge is 1.00 e. The van der Waals surface area contributed by atoms with Crippen LogP contribution in [-0.4, -0.2) is 17.5 Å². The quantitative estimate of drug-likeness (QED) is 0.127. The monoisotopic (exact) mass is 198 g/mol. The van der Waals surface area contributed by atoms with Gasteiger partial charge in [0.05, 0.1) is 0 Å². The van der Waals surface area contributed by atoms with Gasteiger partial charge in [0.25, 0.3) is 0 Å². The smallest absolute Gasteiger partial charge is 0.813 e. The van der Waals surface area contributed by atoms with E-state index in [9.17, 15) is 0 Å². The number of rotatable bonds is 0. The molecule has 0 saturated carbocycles. The van der Waals surface area contributed by atoms with E-state index in [-0.39, 0.29) is 102 Å². The Bertz CT molecular complexity index is 97.0. The molecule has 0 unspecified atom stereocenters. The van der Waals surface area contributed by atoms with E-state index >= 15 is 0 Å². The van der Waals surface area contributed by atoms with Crippen molar-refractivity contribution in [1.29, 1.82) is 0 Å². The standard InChI is InChI=1S/3Na.H2O4S.H2S/c;;;1-5(2,3)4;/h;;;(H2,1,2,3,4);1H2/q3*+1;;/p-3. The molecule has 0 spiro atoms. The average molecular weight is 198 g/mol. The van der Waals surface area contributed by atoms with E-state index in [0.29, 0.717) is 0 Å². The van der Waals surface area contributed by atoms with Crippen LogP contribution >= 0.6 is 0 Å². The van der Waals surface area contributed by atoms with Crippen molar-refractivity contribution in [2.75, 3.05) is 0 Å². The van der Waals surface area contributed by atoms with Crippen molar-refractivity contribution in [2.24, 2.45) is 0 Å². The Labute approximate surface area is 127 Å². The summed E-state index contributed by atoms with van der Waals surface area (Å²) in [5.74, 6) is 0. The molecule has 0 fully saturated rings. The topological polar surface area (TPSA) is 80.3 Å². The molecule has 0 rings (SSSR count). The molecule has 0 aliphatic carbocycles. The molecule has 4 nitrogen and oxygen atoms in total. The van der Waals surface area contributed by atoms with Crippen molar-refractivity contribution in [3.8, 4) is 0 Å². The van der Waals surface area contributed by atoms with Gasteiger partial charge in [0, 0.05) is 10.4 Å². The van der Waals surface area contributed by atoms with Gasteiger partial charge in [0.15, 0.2) is 0 Å². The summed E-state index contributed by atoms with van der Waals surface area (Å²) < 4.78 is 34.1. The van der Waals surface area contributed by atoms with E-state index in [1.807, 2.05) is 0 Å². The molecule has 0 aromatic carbocycles. The average Bonchev–Trinajstić information content (AvgIpc) is 0.722. The molecule has 0 amide bonds. The van der Waals surface area contributed by atoms with Crippen LogP contribution in [0.3, 0.4) is 0 Å². The van der Waals surface area contributed by atoms with Gasteiger partial charge in [-0.1, -0.05) is 0 Å². The van der Waals surface area contributed by atoms with Crippen LogP contribution in [0, 0.1) is 0 Å². The van der Waals surface area contributed by atoms with E-state index in [0.717, 1.165) is 0 Å². The summed E-state index contributed by atoms with van der Waals surface area (Å²) >= 11 is 0. The van der Waals surface area contributed by atoms with Crippen molar-refractivity contribution >= 4 is 23.9 Å². The van der Waals surface area contributed by atoms with E-state index < -0.39 is 10.4 Å². The van der Waals surface area contributed by atoms with Crippen LogP contribution in [0.5, 0.6) is 0 Å². The molecule has 0 atom stereocenters. The second-order valence-corrected chi connectivity index (χ2v) is 1.22. The predicted octanol–water partition coefficient (Wildman–Crippen LogP) is -10.6. The van der Waals surface area contributed by atoms with Crippen LogP contribution in [-0.2, 0) is 23.9 Å². The van der Waals surface area contributed by atoms with Crippen LogP contribution in [0.25, 0.3) is 0 Å². The molecule has 0 heterocycles. The van der Waals surface area contributed by atoms with Gasteiger partial charge in [-0.15, -0.1) is 0 Å². The Balaban J connectivity index is -0.0000000133. The molecule has 0 N–H and O–H groups in total. The summed E-state index contributed by atoms with van der Waals surface area (Å²) in [4.78, 5) is 0. The summed E-state index contributed by atoms with van der Waals surface area (Å²) in [5, 5.41) is 0. The Hall–Kier alpha value is 3.22. The van der Waals surface area contributed by atoms with E-state index in [4.69, 9.17) is 17.5 Å². The van der Waals surface area contributed by atoms with E-state index in [2.05, 4.69) is 0 Å². The molecule has 0 aromatic rings. The van der Waals surface area contributed by atoms with Gasteiger partial charge in [-0.3, -0.25) is 8.42 Å². The molecule has 0 saturated heterocycles. The zero-order chi connectivity index (χ0) is 4.50. The third-order valence-electron chi connectivity index (χ3n) is 0. The van der Waals surface area contributed by atoms with Crippen LogP contribution in [0.4, 0.5) is 0 Å². The maximum Gasteiger partial charge on any atom is 1.00 e. The van der Waals surface area contributed by atoms with Gasteiger partial charge < -0.3 is 22.6 Å². The van der Waals surface area contributed by atoms with Gasteiger partial charge in [-0.05, 0) is 0 Å². The maximum atomic E-state index is 8.52. The molecular formula is HNa3O4S2. The Morgan fingerprint density at radius 3 is 0.889 bits per heavy atom. The van der Waals surface area contributed by atoms with Crippen LogP contribution in [0.1, 0.15) is 0 Å². The molecule has 0 radical (unpaired) electrons. The summed E-state index contributed by atoms with van der Waals surface area (Å²) in [7, 11) is -5.17. The Kier molecular flexibility index (Phi) is 45.2. The Morgan fingerprint density at radius 2 is 0.889 bits per heavy atom. The second-order valence-electron chi connectivity index (χ2n) is 0.408. The van der Waals surface area contributed by atoms with Crippen LogP contribution < -0.4 is 88.7 Å². The van der Waals surface area contributed by atoms with Gasteiger partial charge in [-0.25, -0.2) is 0 Å². The van der Waals surface area contributed by atoms with Gasteiger partial charge >= 0.3 is 88.7 Å². The van der Waals surface area contributed by atoms with Crippen molar-refractivity contribution in [1.82, 2.24) is 0 Å². The summed E-state index contributed by atoms with van der Waals surface area (Å²) in [6, 6.07) is 0. The van der Waals surface area contributed by atoms with Crippen LogP contribution in [0.2, 0.25) is 0 Å². The normalized spacial score (nSPS) is 6.44. The number of hydrogen-bond donors (Lipinski definition) is 0. The molecule has 0 aromatic heterocycles. The molecule has 0 aliphatic heterocycles. The minimum atomic E-state index is -5.17. The predicted molar refractivity (Wildman–Crippen MR) is 19.2 cm³/mol. The first-order valence-electron chi connectivity index (χ1n) is 0.667. The van der Waals surface area contributed by atoms with E-state index in [1.165, 1.54) is 0 Å². The molecule has 9 heavy (non-hydrogen) atoms. The zero-order valence-corrected chi connectivity index (χ0v) is 13.2. The zero-order valence-electron chi connectivity index (χ0n) is 5.49. The first kappa shape index (κ1) is 29.5. The molecule has 9 heteroatoms. The SMILES string of the molecule is O=S(=O)([O-])[O-].[Na+].[Na+].[Na+].[SH-]. The fourth-order valence-electron chi connectivity index (χ4n) is 0. The fourth-order valence-corrected chi connectivity index (χ4v) is 0. The molecule has 40 valence electrons. The summed E-state index contributed by atoms with van der Waals surface area (Å²) in [5.41, 5.74) is 0. The van der Waals surface area contributed by atoms with Crippen LogP contribution in [0.15, 0.2) is 0 Å². The minimum absolute atomic E-state index is 0. The van der Waals surface area contributed by atoms with Gasteiger partial charge in [0.1, 0.15) is 0 Å². The molecule has 0 aliphatic rings. The summed E-state index contributed by atoms with van der Waals surface area (Å²) in [6.45, 7) is 0. The van der Waals surface area contributed by atoms with Crippen molar-refractivity contribution in [3.05, 3.63) is 0 Å². The third kappa shape index (κ3) is 92.0. The number of thiol groups is 1. The number of hydrogen-bond acceptors (Lipinski definition) is 5. The maximum absolute atomic E-state index is 8.52. The van der Waals surface area contributed by atoms with Gasteiger partial charge in [-0.2, -0.15) is 0 Å². The third-order valence-corrected chi connectivity index (χ3v) is 0. The van der Waals surface area contributed by atoms with E-state index in [1.54, 1.807) is 0 Å². The fraction of sp³-hybridized carbons (Fsp3) is 0. The van der Waals surface area contributed by atoms with Crippen molar-refractivity contribution in [3.63, 3.8) is 0 Å². The first-order valence-corrected chi connectivity index (χ1v) is 2.00. The van der Waals surface area contributed by atoms with Crippen molar-refractivity contribution in [2.45, 2.75) is 0 Å². The Morgan fingerprint density at radius 1 is 0.889 bits per heavy atom. The minimum Gasteiger partial charge on any atom is -0.813 e. The van der Waals surface area contributed by atoms with Gasteiger partial charge in [0.2, 0.25) is 0 Å². The second kappa shape index (κ2) is 13.8. The molecule has 0 bridgehead atoms. The summed E-state index contributed by atoms with van der Waals surface area (Å²) in [6.07, 6.45) is 0. The first-order chi connectivity index (χ1) is 2.00. The van der Waals surface area contributed by atoms with Crippen molar-refractivity contribution < 1.29 is 106 Å². The molecular weight excluding hydrogens is 197 g/mol.